The molecule has 1 unspecified atom stereocenters. The van der Waals surface area contributed by atoms with E-state index in [1.54, 1.807) is 0 Å². The van der Waals surface area contributed by atoms with Crippen molar-refractivity contribution in [3.63, 3.8) is 0 Å². The Labute approximate surface area is 60.6 Å². The molecule has 0 heterocycles. The van der Waals surface area contributed by atoms with Crippen LogP contribution < -0.4 is 14.1 Å². The van der Waals surface area contributed by atoms with Crippen molar-refractivity contribution in [3.05, 3.63) is 0 Å². The van der Waals surface area contributed by atoms with Gasteiger partial charge < -0.3 is 8.40 Å². The molecule has 0 fully saturated rings. The van der Waals surface area contributed by atoms with Crippen LogP contribution in [-0.2, 0) is 3.83 Å². The van der Waals surface area contributed by atoms with Crippen molar-refractivity contribution in [2.45, 2.75) is 6.23 Å². The summed E-state index contributed by atoms with van der Waals surface area (Å²) in [6, 6.07) is 0. The average Bonchev–Trinajstić information content (AvgIpc) is 1.65. The molecule has 0 saturated carbocycles. The molecule has 0 bridgehead atoms. The van der Waals surface area contributed by atoms with Crippen LogP contribution in [0.3, 0.4) is 0 Å². The van der Waals surface area contributed by atoms with Gasteiger partial charge in [0.15, 0.2) is 0 Å². The molecule has 0 amide bonds. The number of halogens is 2. The molecule has 4 nitrogen and oxygen atoms in total. The van der Waals surface area contributed by atoms with Gasteiger partial charge in [-0.15, -0.1) is 0 Å². The molecule has 0 radical (unpaired) electrons. The van der Waals surface area contributed by atoms with Crippen molar-refractivity contribution in [3.8, 4) is 0 Å². The van der Waals surface area contributed by atoms with Gasteiger partial charge >= 0.3 is 14.8 Å². The Morgan fingerprint density at radius 1 is 1.75 bits per heavy atom. The smallest absolute Gasteiger partial charge is 0.372 e. The first-order valence-corrected chi connectivity index (χ1v) is 4.77. The average molecular weight is 251 g/mol. The van der Waals surface area contributed by atoms with Gasteiger partial charge in [-0.2, -0.15) is 0 Å². The van der Waals surface area contributed by atoms with Crippen molar-refractivity contribution in [1.29, 1.82) is 0 Å². The molecule has 0 aliphatic carbocycles. The molecule has 0 aliphatic heterocycles. The van der Waals surface area contributed by atoms with Crippen molar-refractivity contribution in [2.75, 3.05) is 5.33 Å². The van der Waals surface area contributed by atoms with Crippen molar-refractivity contribution >= 4 is 15.9 Å². The Bertz CT molecular complexity index is 61.2. The number of alkyl halides is 1. The molecule has 2 N–H and O–H groups in total. The minimum Gasteiger partial charge on any atom is -0.372 e. The molecule has 50 valence electrons. The SMILES string of the molecule is NC(CBr)O[Br+2]([O-])[O-]. The van der Waals surface area contributed by atoms with Gasteiger partial charge in [0.05, 0.1) is 5.33 Å². The number of hydrogen-bond donors (Lipinski definition) is 1. The third-order valence-electron chi connectivity index (χ3n) is 0.339. The maximum absolute atomic E-state index is 9.72. The summed E-state index contributed by atoms with van der Waals surface area (Å²) in [5.74, 6) is 0. The first-order chi connectivity index (χ1) is 3.66. The molecule has 0 rings (SSSR count). The largest absolute Gasteiger partial charge is 0.438 e. The van der Waals surface area contributed by atoms with Crippen LogP contribution in [0.5, 0.6) is 0 Å². The fourth-order valence-corrected chi connectivity index (χ4v) is 1.13. The lowest BCUT2D eigenvalue weighted by atomic mass is 10.7. The van der Waals surface area contributed by atoms with Crippen molar-refractivity contribution in [2.24, 2.45) is 5.73 Å². The van der Waals surface area contributed by atoms with E-state index in [1.165, 1.54) is 0 Å². The molecule has 6 heteroatoms. The van der Waals surface area contributed by atoms with Gasteiger partial charge in [0.2, 0.25) is 6.23 Å². The van der Waals surface area contributed by atoms with E-state index in [1.807, 2.05) is 0 Å². The van der Waals surface area contributed by atoms with E-state index in [9.17, 15) is 8.40 Å². The highest BCUT2D eigenvalue weighted by molar-refractivity contribution is 9.09. The molecule has 1 atom stereocenters. The Morgan fingerprint density at radius 3 is 2.38 bits per heavy atom. The van der Waals surface area contributed by atoms with Crippen molar-refractivity contribution < 1.29 is 27.0 Å². The lowest BCUT2D eigenvalue weighted by molar-refractivity contribution is -1.63. The van der Waals surface area contributed by atoms with Gasteiger partial charge in [0.1, 0.15) is 0 Å². The number of nitrogens with two attached hydrogens (primary N) is 1. The summed E-state index contributed by atoms with van der Waals surface area (Å²) in [6.45, 7) is 0. The third kappa shape index (κ3) is 4.95. The van der Waals surface area contributed by atoms with Crippen LogP contribution in [0.15, 0.2) is 0 Å². The topological polar surface area (TPSA) is 81.4 Å². The van der Waals surface area contributed by atoms with Gasteiger partial charge in [-0.25, -0.2) is 0 Å². The fourth-order valence-electron chi connectivity index (χ4n) is 0.117. The molecule has 0 spiro atoms. The van der Waals surface area contributed by atoms with Gasteiger partial charge in [0, 0.05) is 3.83 Å². The molecular formula is C2H5Br2NO3. The highest BCUT2D eigenvalue weighted by Gasteiger charge is 2.16. The second kappa shape index (κ2) is 4.66. The van der Waals surface area contributed by atoms with Gasteiger partial charge in [-0.05, 0) is 0 Å². The highest BCUT2D eigenvalue weighted by atomic mass is 80.0. The normalized spacial score (nSPS) is 14.6. The maximum atomic E-state index is 9.72. The zero-order chi connectivity index (χ0) is 6.57. The van der Waals surface area contributed by atoms with E-state index in [0.29, 0.717) is 5.33 Å². The monoisotopic (exact) mass is 249 g/mol. The molecule has 0 aliphatic rings. The van der Waals surface area contributed by atoms with Crippen LogP contribution in [-0.4, -0.2) is 11.6 Å². The maximum Gasteiger partial charge on any atom is 0.438 e. The Hall–Kier alpha value is 0.800. The summed E-state index contributed by atoms with van der Waals surface area (Å²) in [4.78, 5) is 0. The van der Waals surface area contributed by atoms with E-state index < -0.39 is 21.0 Å². The lowest BCUT2D eigenvalue weighted by Gasteiger charge is -1.96. The summed E-state index contributed by atoms with van der Waals surface area (Å²) in [7, 11) is 0. The van der Waals surface area contributed by atoms with E-state index in [4.69, 9.17) is 5.73 Å². The van der Waals surface area contributed by atoms with E-state index in [0.717, 1.165) is 0 Å². The van der Waals surface area contributed by atoms with E-state index in [2.05, 4.69) is 19.8 Å². The van der Waals surface area contributed by atoms with E-state index in [-0.39, 0.29) is 0 Å². The highest BCUT2D eigenvalue weighted by Crippen LogP contribution is 1.89. The molecule has 0 aromatic carbocycles. The van der Waals surface area contributed by atoms with Crippen LogP contribution in [0, 0.1) is 14.8 Å². The zero-order valence-electron chi connectivity index (χ0n) is 3.84. The quantitative estimate of drug-likeness (QED) is 0.454. The zero-order valence-corrected chi connectivity index (χ0v) is 7.01. The Morgan fingerprint density at radius 2 is 2.25 bits per heavy atom. The number of rotatable bonds is 3. The van der Waals surface area contributed by atoms with Crippen LogP contribution >= 0.6 is 15.9 Å². The molecule has 0 saturated heterocycles. The second-order valence-electron chi connectivity index (χ2n) is 0.971. The summed E-state index contributed by atoms with van der Waals surface area (Å²) < 4.78 is 23.6. The van der Waals surface area contributed by atoms with Gasteiger partial charge in [0.25, 0.3) is 0 Å². The first-order valence-electron chi connectivity index (χ1n) is 1.71. The van der Waals surface area contributed by atoms with E-state index >= 15 is 0 Å². The summed E-state index contributed by atoms with van der Waals surface area (Å²) in [5.41, 5.74) is 5.03. The van der Waals surface area contributed by atoms with Crippen molar-refractivity contribution in [1.82, 2.24) is 0 Å². The second-order valence-corrected chi connectivity index (χ2v) is 2.79. The van der Waals surface area contributed by atoms with Crippen LogP contribution in [0.25, 0.3) is 0 Å². The molecule has 0 aromatic heterocycles. The predicted molar refractivity (Wildman–Crippen MR) is 22.9 cm³/mol. The van der Waals surface area contributed by atoms with Gasteiger partial charge in [-0.3, -0.25) is 5.73 Å². The summed E-state index contributed by atoms with van der Waals surface area (Å²) in [6.07, 6.45) is -0.736. The van der Waals surface area contributed by atoms with Crippen LogP contribution in [0.2, 0.25) is 0 Å². The summed E-state index contributed by atoms with van der Waals surface area (Å²) >= 11 is -0.188. The minimum absolute atomic E-state index is 0.326. The fraction of sp³-hybridized carbons (Fsp3) is 1.00. The van der Waals surface area contributed by atoms with Crippen LogP contribution in [0.1, 0.15) is 0 Å². The summed E-state index contributed by atoms with van der Waals surface area (Å²) in [5, 5.41) is 0.326. The Balaban J connectivity index is 3.10. The van der Waals surface area contributed by atoms with Crippen LogP contribution in [0.4, 0.5) is 0 Å². The standard InChI is InChI=1S/C2H5Br2NO3/c3-1-2(5)8-4(6)7/h2H,1,5H2. The molecule has 0 aromatic rings. The molecule has 8 heavy (non-hydrogen) atoms. The number of hydrogen-bond acceptors (Lipinski definition) is 4. The predicted octanol–water partition coefficient (Wildman–Crippen LogP) is -2.23. The Kier molecular flexibility index (Phi) is 5.12. The minimum atomic E-state index is -3.12. The third-order valence-corrected chi connectivity index (χ3v) is 1.76. The first kappa shape index (κ1) is 8.80. The lowest BCUT2D eigenvalue weighted by Crippen LogP contribution is -2.41. The molecular weight excluding hydrogens is 246 g/mol. The van der Waals surface area contributed by atoms with Gasteiger partial charge in [-0.1, -0.05) is 15.9 Å².